The van der Waals surface area contributed by atoms with E-state index in [1.165, 1.54) is 0 Å². The molecule has 0 radical (unpaired) electrons. The lowest BCUT2D eigenvalue weighted by Gasteiger charge is -2.37. The van der Waals surface area contributed by atoms with Crippen molar-refractivity contribution in [2.45, 2.75) is 32.0 Å². The molecule has 1 aromatic carbocycles. The van der Waals surface area contributed by atoms with Crippen LogP contribution in [0.25, 0.3) is 0 Å². The van der Waals surface area contributed by atoms with Crippen molar-refractivity contribution in [1.82, 2.24) is 4.90 Å². The predicted octanol–water partition coefficient (Wildman–Crippen LogP) is 0.939. The average molecular weight is 304 g/mol. The highest BCUT2D eigenvalue weighted by Gasteiger charge is 2.38. The monoisotopic (exact) mass is 304 g/mol. The molecule has 1 fully saturated rings. The highest BCUT2D eigenvalue weighted by atomic mass is 16.6. The maximum Gasteiger partial charge on any atom is 0.267 e. The number of piperidine rings is 1. The zero-order chi connectivity index (χ0) is 15.7. The molecule has 22 heavy (non-hydrogen) atoms. The molecule has 1 aromatic rings. The number of primary amides is 1. The summed E-state index contributed by atoms with van der Waals surface area (Å²) in [6.07, 6.45) is 0.218. The minimum atomic E-state index is -0.653. The van der Waals surface area contributed by atoms with E-state index in [0.29, 0.717) is 37.4 Å². The van der Waals surface area contributed by atoms with Crippen LogP contribution in [-0.4, -0.2) is 42.0 Å². The third-order valence-electron chi connectivity index (χ3n) is 4.29. The molecule has 6 heteroatoms. The average Bonchev–Trinajstić information content (AvgIpc) is 2.53. The van der Waals surface area contributed by atoms with E-state index < -0.39 is 6.10 Å². The third kappa shape index (κ3) is 2.73. The number of nitrogens with two attached hydrogens (primary N) is 1. The summed E-state index contributed by atoms with van der Waals surface area (Å²) in [6, 6.07) is 7.33. The number of likely N-dealkylation sites (tertiary alicyclic amines) is 1. The summed E-state index contributed by atoms with van der Waals surface area (Å²) in [5.41, 5.74) is 5.32. The van der Waals surface area contributed by atoms with Crippen molar-refractivity contribution in [2.24, 2.45) is 11.7 Å². The summed E-state index contributed by atoms with van der Waals surface area (Å²) in [6.45, 7) is 2.88. The minimum absolute atomic E-state index is 0.0927. The van der Waals surface area contributed by atoms with Crippen LogP contribution in [0, 0.1) is 5.92 Å². The Balaban J connectivity index is 1.67. The molecular weight excluding hydrogens is 284 g/mol. The van der Waals surface area contributed by atoms with Gasteiger partial charge in [0.1, 0.15) is 6.10 Å². The largest absolute Gasteiger partial charge is 0.482 e. The third-order valence-corrected chi connectivity index (χ3v) is 4.29. The van der Waals surface area contributed by atoms with Gasteiger partial charge in [0.2, 0.25) is 12.0 Å². The lowest BCUT2D eigenvalue weighted by atomic mass is 9.95. The topological polar surface area (TPSA) is 81.9 Å². The van der Waals surface area contributed by atoms with E-state index in [4.69, 9.17) is 15.2 Å². The molecule has 2 aliphatic heterocycles. The Bertz CT molecular complexity index is 581. The molecule has 2 amide bonds. The maximum absolute atomic E-state index is 12.7. The summed E-state index contributed by atoms with van der Waals surface area (Å²) in [5, 5.41) is 0. The Labute approximate surface area is 129 Å². The summed E-state index contributed by atoms with van der Waals surface area (Å²) in [7, 11) is 0. The Morgan fingerprint density at radius 1 is 1.14 bits per heavy atom. The fourth-order valence-corrected chi connectivity index (χ4v) is 2.96. The fraction of sp³-hybridized carbons (Fsp3) is 0.500. The van der Waals surface area contributed by atoms with Gasteiger partial charge in [-0.25, -0.2) is 0 Å². The first-order chi connectivity index (χ1) is 10.6. The minimum Gasteiger partial charge on any atom is -0.482 e. The number of carbonyl (C=O) groups excluding carboxylic acids is 2. The quantitative estimate of drug-likeness (QED) is 0.881. The van der Waals surface area contributed by atoms with E-state index >= 15 is 0 Å². The van der Waals surface area contributed by atoms with E-state index in [1.807, 2.05) is 25.1 Å². The van der Waals surface area contributed by atoms with Gasteiger partial charge in [0.25, 0.3) is 5.91 Å². The molecule has 0 aliphatic carbocycles. The number of amides is 2. The highest BCUT2D eigenvalue weighted by Crippen LogP contribution is 2.34. The maximum atomic E-state index is 12.7. The van der Waals surface area contributed by atoms with Gasteiger partial charge in [0.15, 0.2) is 11.5 Å². The smallest absolute Gasteiger partial charge is 0.267 e. The van der Waals surface area contributed by atoms with Crippen molar-refractivity contribution in [1.29, 1.82) is 0 Å². The van der Waals surface area contributed by atoms with E-state index in [9.17, 15) is 9.59 Å². The van der Waals surface area contributed by atoms with Crippen LogP contribution in [0.2, 0.25) is 0 Å². The standard InChI is InChI=1S/C16H20N2O4/c1-10-14(22-13-5-3-2-4-12(13)21-10)16(20)18-8-6-11(7-9-18)15(17)19/h2-5,10-11,14H,6-9H2,1H3,(H2,17,19). The van der Waals surface area contributed by atoms with Crippen molar-refractivity contribution in [3.05, 3.63) is 24.3 Å². The van der Waals surface area contributed by atoms with Crippen molar-refractivity contribution >= 4 is 11.8 Å². The van der Waals surface area contributed by atoms with Gasteiger partial charge in [-0.2, -0.15) is 0 Å². The molecule has 2 atom stereocenters. The number of hydrogen-bond acceptors (Lipinski definition) is 4. The molecule has 0 spiro atoms. The summed E-state index contributed by atoms with van der Waals surface area (Å²) >= 11 is 0. The number of carbonyl (C=O) groups is 2. The van der Waals surface area contributed by atoms with Gasteiger partial charge in [0, 0.05) is 19.0 Å². The molecule has 2 heterocycles. The summed E-state index contributed by atoms with van der Waals surface area (Å²) in [4.78, 5) is 25.6. The van der Waals surface area contributed by atoms with Gasteiger partial charge >= 0.3 is 0 Å². The molecule has 0 bridgehead atoms. The number of benzene rings is 1. The van der Waals surface area contributed by atoms with Gasteiger partial charge in [-0.1, -0.05) is 12.1 Å². The molecule has 2 unspecified atom stereocenters. The predicted molar refractivity (Wildman–Crippen MR) is 79.4 cm³/mol. The number of ether oxygens (including phenoxy) is 2. The van der Waals surface area contributed by atoms with Gasteiger partial charge in [-0.15, -0.1) is 0 Å². The number of hydrogen-bond donors (Lipinski definition) is 1. The fourth-order valence-electron chi connectivity index (χ4n) is 2.96. The first-order valence-electron chi connectivity index (χ1n) is 7.56. The highest BCUT2D eigenvalue weighted by molar-refractivity contribution is 5.83. The number of rotatable bonds is 2. The zero-order valence-electron chi connectivity index (χ0n) is 12.5. The van der Waals surface area contributed by atoms with E-state index in [2.05, 4.69) is 0 Å². The van der Waals surface area contributed by atoms with Crippen LogP contribution in [0.1, 0.15) is 19.8 Å². The molecule has 2 aliphatic rings. The van der Waals surface area contributed by atoms with Crippen LogP contribution in [0.4, 0.5) is 0 Å². The first-order valence-corrected chi connectivity index (χ1v) is 7.56. The molecular formula is C16H20N2O4. The van der Waals surface area contributed by atoms with Crippen LogP contribution in [0.15, 0.2) is 24.3 Å². The van der Waals surface area contributed by atoms with Crippen molar-refractivity contribution in [3.8, 4) is 11.5 Å². The molecule has 2 N–H and O–H groups in total. The Hall–Kier alpha value is -2.24. The van der Waals surface area contributed by atoms with Crippen molar-refractivity contribution in [3.63, 3.8) is 0 Å². The normalized spacial score (nSPS) is 24.9. The summed E-state index contributed by atoms with van der Waals surface area (Å²) < 4.78 is 11.6. The van der Waals surface area contributed by atoms with Crippen LogP contribution < -0.4 is 15.2 Å². The van der Waals surface area contributed by atoms with Crippen molar-refractivity contribution in [2.75, 3.05) is 13.1 Å². The van der Waals surface area contributed by atoms with Crippen LogP contribution >= 0.6 is 0 Å². The van der Waals surface area contributed by atoms with E-state index in [1.54, 1.807) is 11.0 Å². The lowest BCUT2D eigenvalue weighted by molar-refractivity contribution is -0.146. The van der Waals surface area contributed by atoms with Crippen LogP contribution in [0.3, 0.4) is 0 Å². The van der Waals surface area contributed by atoms with Crippen molar-refractivity contribution < 1.29 is 19.1 Å². The second-order valence-electron chi connectivity index (χ2n) is 5.81. The zero-order valence-corrected chi connectivity index (χ0v) is 12.5. The first kappa shape index (κ1) is 14.7. The number of fused-ring (bicyclic) bond motifs is 1. The van der Waals surface area contributed by atoms with Crippen LogP contribution in [-0.2, 0) is 9.59 Å². The molecule has 0 saturated carbocycles. The van der Waals surface area contributed by atoms with Gasteiger partial charge < -0.3 is 20.1 Å². The van der Waals surface area contributed by atoms with Crippen LogP contribution in [0.5, 0.6) is 11.5 Å². The van der Waals surface area contributed by atoms with Gasteiger partial charge in [0.05, 0.1) is 0 Å². The number of para-hydroxylation sites is 2. The second-order valence-corrected chi connectivity index (χ2v) is 5.81. The molecule has 3 rings (SSSR count). The van der Waals surface area contributed by atoms with Gasteiger partial charge in [-0.05, 0) is 31.9 Å². The Morgan fingerprint density at radius 2 is 1.73 bits per heavy atom. The molecule has 1 saturated heterocycles. The van der Waals surface area contributed by atoms with E-state index in [0.717, 1.165) is 0 Å². The lowest BCUT2D eigenvalue weighted by Crippen LogP contribution is -2.53. The Morgan fingerprint density at radius 3 is 2.32 bits per heavy atom. The molecule has 118 valence electrons. The summed E-state index contributed by atoms with van der Waals surface area (Å²) in [5.74, 6) is 0.736. The number of nitrogens with zero attached hydrogens (tertiary/aromatic N) is 1. The second kappa shape index (κ2) is 5.87. The molecule has 6 nitrogen and oxygen atoms in total. The van der Waals surface area contributed by atoms with E-state index in [-0.39, 0.29) is 23.8 Å². The Kier molecular flexibility index (Phi) is 3.92. The molecule has 0 aromatic heterocycles. The van der Waals surface area contributed by atoms with Gasteiger partial charge in [-0.3, -0.25) is 9.59 Å². The SMILES string of the molecule is CC1Oc2ccccc2OC1C(=O)N1CCC(C(N)=O)CC1.